The first kappa shape index (κ1) is 20.9. The Morgan fingerprint density at radius 3 is 2.66 bits per heavy atom. The fourth-order valence-corrected chi connectivity index (χ4v) is 3.91. The van der Waals surface area contributed by atoms with Gasteiger partial charge in [-0.05, 0) is 35.5 Å². The molecular formula is C20H16BrNO6S. The molecule has 3 rings (SSSR count). The van der Waals surface area contributed by atoms with Gasteiger partial charge in [0.15, 0.2) is 18.1 Å². The molecule has 1 aliphatic rings. The van der Waals surface area contributed by atoms with Crippen LogP contribution >= 0.6 is 27.7 Å². The average molecular weight is 478 g/mol. The number of para-hydroxylation sites is 1. The molecule has 9 heteroatoms. The van der Waals surface area contributed by atoms with Crippen molar-refractivity contribution in [2.75, 3.05) is 13.7 Å². The highest BCUT2D eigenvalue weighted by Gasteiger charge is 2.35. The number of carboxylic acids is 1. The minimum absolute atomic E-state index is 0.143. The Balaban J connectivity index is 1.89. The van der Waals surface area contributed by atoms with Crippen molar-refractivity contribution in [1.29, 1.82) is 0 Å². The van der Waals surface area contributed by atoms with Gasteiger partial charge in [-0.3, -0.25) is 14.5 Å². The van der Waals surface area contributed by atoms with Crippen LogP contribution in [0.3, 0.4) is 0 Å². The lowest BCUT2D eigenvalue weighted by Crippen LogP contribution is -2.27. The van der Waals surface area contributed by atoms with Gasteiger partial charge in [-0.2, -0.15) is 0 Å². The van der Waals surface area contributed by atoms with Crippen LogP contribution in [-0.2, 0) is 16.1 Å². The first-order valence-electron chi connectivity index (χ1n) is 8.41. The van der Waals surface area contributed by atoms with Gasteiger partial charge < -0.3 is 14.6 Å². The molecule has 1 heterocycles. The number of methoxy groups -OCH3 is 1. The zero-order valence-corrected chi connectivity index (χ0v) is 17.7. The van der Waals surface area contributed by atoms with Crippen LogP contribution < -0.4 is 9.47 Å². The number of thioether (sulfide) groups is 1. The van der Waals surface area contributed by atoms with E-state index in [1.165, 1.54) is 13.2 Å². The molecule has 1 saturated heterocycles. The van der Waals surface area contributed by atoms with Crippen molar-refractivity contribution in [2.24, 2.45) is 0 Å². The van der Waals surface area contributed by atoms with E-state index in [4.69, 9.17) is 14.6 Å². The van der Waals surface area contributed by atoms with Gasteiger partial charge >= 0.3 is 5.97 Å². The number of ether oxygens (including phenoxy) is 2. The van der Waals surface area contributed by atoms with Gasteiger partial charge in [-0.25, -0.2) is 4.79 Å². The Hall–Kier alpha value is -2.78. The number of nitrogens with zero attached hydrogens (tertiary/aromatic N) is 1. The quantitative estimate of drug-likeness (QED) is 0.598. The van der Waals surface area contributed by atoms with Gasteiger partial charge in [-0.1, -0.05) is 46.3 Å². The molecule has 2 aromatic carbocycles. The molecule has 150 valence electrons. The maximum Gasteiger partial charge on any atom is 0.341 e. The van der Waals surface area contributed by atoms with E-state index in [9.17, 15) is 14.4 Å². The van der Waals surface area contributed by atoms with E-state index in [1.807, 2.05) is 24.3 Å². The first-order chi connectivity index (χ1) is 13.9. The van der Waals surface area contributed by atoms with Gasteiger partial charge in [0, 0.05) is 10.0 Å². The molecule has 0 aromatic heterocycles. The molecule has 1 fully saturated rings. The summed E-state index contributed by atoms with van der Waals surface area (Å²) in [7, 11) is 1.43. The van der Waals surface area contributed by atoms with Crippen molar-refractivity contribution in [1.82, 2.24) is 4.90 Å². The predicted octanol–water partition coefficient (Wildman–Crippen LogP) is 4.16. The molecule has 2 amide bonds. The van der Waals surface area contributed by atoms with Crippen LogP contribution in [0.2, 0.25) is 0 Å². The Morgan fingerprint density at radius 1 is 1.21 bits per heavy atom. The van der Waals surface area contributed by atoms with Crippen LogP contribution in [0, 0.1) is 0 Å². The molecule has 0 bridgehead atoms. The van der Waals surface area contributed by atoms with Crippen LogP contribution in [-0.4, -0.2) is 40.8 Å². The minimum atomic E-state index is -1.14. The Labute approximate surface area is 179 Å². The van der Waals surface area contributed by atoms with Crippen LogP contribution in [0.25, 0.3) is 6.08 Å². The van der Waals surface area contributed by atoms with E-state index < -0.39 is 18.5 Å². The second-order valence-electron chi connectivity index (χ2n) is 5.92. The highest BCUT2D eigenvalue weighted by atomic mass is 79.9. The summed E-state index contributed by atoms with van der Waals surface area (Å²) in [5, 5.41) is 8.51. The molecule has 0 saturated carbocycles. The van der Waals surface area contributed by atoms with Gasteiger partial charge in [0.2, 0.25) is 0 Å². The molecule has 0 atom stereocenters. The monoisotopic (exact) mass is 477 g/mol. The van der Waals surface area contributed by atoms with E-state index in [1.54, 1.807) is 18.2 Å². The number of carbonyl (C=O) groups excluding carboxylic acids is 2. The number of hydrogen-bond donors (Lipinski definition) is 1. The summed E-state index contributed by atoms with van der Waals surface area (Å²) < 4.78 is 11.4. The molecule has 2 aromatic rings. The van der Waals surface area contributed by atoms with E-state index in [2.05, 4.69) is 15.9 Å². The lowest BCUT2D eigenvalue weighted by molar-refractivity contribution is -0.139. The largest absolute Gasteiger partial charge is 0.493 e. The SMILES string of the molecule is COc1cccc(/C=C2/SC(=O)N(Cc3ccccc3Br)C2=O)c1OCC(=O)O. The average Bonchev–Trinajstić information content (AvgIpc) is 2.95. The summed E-state index contributed by atoms with van der Waals surface area (Å²) in [6.45, 7) is -0.422. The molecule has 0 spiro atoms. The fourth-order valence-electron chi connectivity index (χ4n) is 2.67. The summed E-state index contributed by atoms with van der Waals surface area (Å²) >= 11 is 4.24. The Kier molecular flexibility index (Phi) is 6.60. The minimum Gasteiger partial charge on any atom is -0.493 e. The summed E-state index contributed by atoms with van der Waals surface area (Å²) in [4.78, 5) is 37.5. The maximum atomic E-state index is 12.8. The molecule has 1 aliphatic heterocycles. The van der Waals surface area contributed by atoms with E-state index in [-0.39, 0.29) is 22.4 Å². The third kappa shape index (κ3) is 4.80. The van der Waals surface area contributed by atoms with Crippen LogP contribution in [0.1, 0.15) is 11.1 Å². The number of carbonyl (C=O) groups is 3. The number of imide groups is 1. The number of rotatable bonds is 7. The predicted molar refractivity (Wildman–Crippen MR) is 112 cm³/mol. The van der Waals surface area contributed by atoms with Gasteiger partial charge in [-0.15, -0.1) is 0 Å². The molecular weight excluding hydrogens is 462 g/mol. The van der Waals surface area contributed by atoms with Gasteiger partial charge in [0.05, 0.1) is 18.6 Å². The lowest BCUT2D eigenvalue weighted by Gasteiger charge is -2.14. The van der Waals surface area contributed by atoms with Gasteiger partial charge in [0.25, 0.3) is 11.1 Å². The van der Waals surface area contributed by atoms with Crippen LogP contribution in [0.15, 0.2) is 51.8 Å². The van der Waals surface area contributed by atoms with Crippen molar-refractivity contribution in [3.05, 3.63) is 63.0 Å². The molecule has 1 N–H and O–H groups in total. The van der Waals surface area contributed by atoms with Crippen molar-refractivity contribution in [2.45, 2.75) is 6.54 Å². The van der Waals surface area contributed by atoms with Crippen LogP contribution in [0.4, 0.5) is 4.79 Å². The molecule has 0 aliphatic carbocycles. The maximum absolute atomic E-state index is 12.8. The Bertz CT molecular complexity index is 1010. The summed E-state index contributed by atoms with van der Waals surface area (Å²) in [5.41, 5.74) is 1.25. The number of halogens is 1. The van der Waals surface area contributed by atoms with Gasteiger partial charge in [0.1, 0.15) is 0 Å². The van der Waals surface area contributed by atoms with E-state index in [0.717, 1.165) is 26.7 Å². The summed E-state index contributed by atoms with van der Waals surface area (Å²) in [6, 6.07) is 12.3. The highest BCUT2D eigenvalue weighted by molar-refractivity contribution is 9.10. The Morgan fingerprint density at radius 2 is 1.97 bits per heavy atom. The first-order valence-corrected chi connectivity index (χ1v) is 10.0. The highest BCUT2D eigenvalue weighted by Crippen LogP contribution is 2.38. The van der Waals surface area contributed by atoms with E-state index >= 15 is 0 Å². The number of hydrogen-bond acceptors (Lipinski definition) is 6. The summed E-state index contributed by atoms with van der Waals surface area (Å²) in [5.74, 6) is -1.05. The molecule has 29 heavy (non-hydrogen) atoms. The van der Waals surface area contributed by atoms with Crippen molar-refractivity contribution < 1.29 is 29.0 Å². The standard InChI is InChI=1S/C20H16BrNO6S/c1-27-15-8-4-6-12(18(15)28-11-17(23)24)9-16-19(25)22(20(26)29-16)10-13-5-2-3-7-14(13)21/h2-9H,10-11H2,1H3,(H,23,24)/b16-9+. The second-order valence-corrected chi connectivity index (χ2v) is 7.77. The number of amides is 2. The van der Waals surface area contributed by atoms with Crippen molar-refractivity contribution in [3.8, 4) is 11.5 Å². The zero-order valence-electron chi connectivity index (χ0n) is 15.3. The lowest BCUT2D eigenvalue weighted by atomic mass is 10.1. The molecule has 7 nitrogen and oxygen atoms in total. The smallest absolute Gasteiger partial charge is 0.341 e. The topological polar surface area (TPSA) is 93.1 Å². The second kappa shape index (κ2) is 9.15. The number of aliphatic carboxylic acids is 1. The summed E-state index contributed by atoms with van der Waals surface area (Å²) in [6.07, 6.45) is 1.50. The van der Waals surface area contributed by atoms with Crippen molar-refractivity contribution >= 4 is 50.9 Å². The number of benzene rings is 2. The third-order valence-electron chi connectivity index (χ3n) is 4.02. The van der Waals surface area contributed by atoms with E-state index in [0.29, 0.717) is 11.3 Å². The fraction of sp³-hybridized carbons (Fsp3) is 0.150. The normalized spacial score (nSPS) is 15.1. The number of carboxylic acid groups (broad SMARTS) is 1. The van der Waals surface area contributed by atoms with Crippen molar-refractivity contribution in [3.63, 3.8) is 0 Å². The van der Waals surface area contributed by atoms with Crippen LogP contribution in [0.5, 0.6) is 11.5 Å². The molecule has 0 unspecified atom stereocenters. The third-order valence-corrected chi connectivity index (χ3v) is 5.70. The zero-order chi connectivity index (χ0) is 21.0. The molecule has 0 radical (unpaired) electrons.